The summed E-state index contributed by atoms with van der Waals surface area (Å²) in [6.45, 7) is 3.56. The Kier molecular flexibility index (Phi) is 5.63. The Morgan fingerprint density at radius 2 is 1.87 bits per heavy atom. The second-order valence-electron chi connectivity index (χ2n) is 8.12. The molecule has 0 bridgehead atoms. The fourth-order valence-electron chi connectivity index (χ4n) is 4.14. The Morgan fingerprint density at radius 1 is 1.13 bits per heavy atom. The zero-order chi connectivity index (χ0) is 22.1. The number of carbonyl (C=O) groups excluding carboxylic acids is 3. The van der Waals surface area contributed by atoms with Crippen LogP contribution in [0.3, 0.4) is 0 Å². The molecule has 31 heavy (non-hydrogen) atoms. The van der Waals surface area contributed by atoms with Gasteiger partial charge in [-0.25, -0.2) is 4.39 Å². The molecule has 0 spiro atoms. The van der Waals surface area contributed by atoms with E-state index in [0.29, 0.717) is 22.5 Å². The monoisotopic (exact) mass is 424 g/mol. The van der Waals surface area contributed by atoms with Crippen LogP contribution in [0.15, 0.2) is 36.4 Å². The molecule has 3 N–H and O–H groups in total. The van der Waals surface area contributed by atoms with Gasteiger partial charge in [0.25, 0.3) is 0 Å². The summed E-state index contributed by atoms with van der Waals surface area (Å²) in [6.07, 6.45) is 2.16. The maximum absolute atomic E-state index is 13.9. The van der Waals surface area contributed by atoms with Crippen LogP contribution in [0.2, 0.25) is 0 Å². The van der Waals surface area contributed by atoms with E-state index < -0.39 is 17.6 Å². The number of benzene rings is 2. The summed E-state index contributed by atoms with van der Waals surface area (Å²) in [5, 5.41) is 2.90. The predicted molar refractivity (Wildman–Crippen MR) is 117 cm³/mol. The van der Waals surface area contributed by atoms with E-state index >= 15 is 0 Å². The Bertz CT molecular complexity index is 1050. The van der Waals surface area contributed by atoms with E-state index in [1.807, 2.05) is 0 Å². The number of rotatable bonds is 5. The fourth-order valence-corrected chi connectivity index (χ4v) is 4.14. The molecule has 2 heterocycles. The SMILES string of the molecule is Cc1ccc(N2C[C@@H](C(=O)Nc3cc(C(N)=O)ccc3N3CCCC3)CC2=O)cc1F. The number of amides is 3. The number of aryl methyl sites for hydroxylation is 1. The molecule has 0 aliphatic carbocycles. The molecule has 0 unspecified atom stereocenters. The smallest absolute Gasteiger partial charge is 0.248 e. The van der Waals surface area contributed by atoms with E-state index in [1.165, 1.54) is 11.0 Å². The Hall–Kier alpha value is -3.42. The lowest BCUT2D eigenvalue weighted by atomic mass is 10.1. The molecule has 3 amide bonds. The molecule has 162 valence electrons. The van der Waals surface area contributed by atoms with Gasteiger partial charge in [0.2, 0.25) is 17.7 Å². The average molecular weight is 424 g/mol. The molecule has 2 aliphatic rings. The minimum absolute atomic E-state index is 0.0376. The van der Waals surface area contributed by atoms with Gasteiger partial charge in [-0.3, -0.25) is 14.4 Å². The second-order valence-corrected chi connectivity index (χ2v) is 8.12. The normalized spacial score (nSPS) is 18.5. The van der Waals surface area contributed by atoms with Gasteiger partial charge in [0.1, 0.15) is 5.82 Å². The summed E-state index contributed by atoms with van der Waals surface area (Å²) in [6, 6.07) is 9.63. The van der Waals surface area contributed by atoms with Crippen LogP contribution in [0.4, 0.5) is 21.5 Å². The highest BCUT2D eigenvalue weighted by Crippen LogP contribution is 2.32. The van der Waals surface area contributed by atoms with Crippen LogP contribution in [0.25, 0.3) is 0 Å². The summed E-state index contributed by atoms with van der Waals surface area (Å²) >= 11 is 0. The van der Waals surface area contributed by atoms with Crippen LogP contribution in [-0.2, 0) is 9.59 Å². The standard InChI is InChI=1S/C23H25FN4O3/c1-14-4-6-17(12-18(14)24)28-13-16(11-21(28)29)23(31)26-19-10-15(22(25)30)5-7-20(19)27-8-2-3-9-27/h4-7,10,12,16H,2-3,8-9,11,13H2,1H3,(H2,25,30)(H,26,31)/t16-/m0/s1. The van der Waals surface area contributed by atoms with Gasteiger partial charge in [-0.05, 0) is 55.7 Å². The molecule has 2 saturated heterocycles. The molecule has 4 rings (SSSR count). The lowest BCUT2D eigenvalue weighted by molar-refractivity contribution is -0.122. The van der Waals surface area contributed by atoms with Gasteiger partial charge in [0.15, 0.2) is 0 Å². The van der Waals surface area contributed by atoms with Gasteiger partial charge in [0, 0.05) is 37.3 Å². The van der Waals surface area contributed by atoms with E-state index in [9.17, 15) is 18.8 Å². The first-order valence-electron chi connectivity index (χ1n) is 10.4. The van der Waals surface area contributed by atoms with Crippen LogP contribution in [0.1, 0.15) is 35.2 Å². The number of halogens is 1. The lowest BCUT2D eigenvalue weighted by Crippen LogP contribution is -2.29. The third-order valence-electron chi connectivity index (χ3n) is 5.95. The third-order valence-corrected chi connectivity index (χ3v) is 5.95. The number of carbonyl (C=O) groups is 3. The van der Waals surface area contributed by atoms with Crippen molar-refractivity contribution in [3.8, 4) is 0 Å². The van der Waals surface area contributed by atoms with E-state index in [4.69, 9.17) is 5.73 Å². The van der Waals surface area contributed by atoms with Crippen molar-refractivity contribution >= 4 is 34.8 Å². The summed E-state index contributed by atoms with van der Waals surface area (Å²) in [5.74, 6) is -2.09. The average Bonchev–Trinajstić information content (AvgIpc) is 3.40. The number of hydrogen-bond donors (Lipinski definition) is 2. The van der Waals surface area contributed by atoms with Crippen LogP contribution >= 0.6 is 0 Å². The van der Waals surface area contributed by atoms with Crippen molar-refractivity contribution in [1.82, 2.24) is 0 Å². The fraction of sp³-hybridized carbons (Fsp3) is 0.348. The minimum atomic E-state index is -0.583. The Morgan fingerprint density at radius 3 is 2.55 bits per heavy atom. The van der Waals surface area contributed by atoms with Gasteiger partial charge >= 0.3 is 0 Å². The highest BCUT2D eigenvalue weighted by molar-refractivity contribution is 6.05. The van der Waals surface area contributed by atoms with Crippen LogP contribution in [-0.4, -0.2) is 37.4 Å². The molecule has 2 aromatic rings. The number of hydrogen-bond acceptors (Lipinski definition) is 4. The van der Waals surface area contributed by atoms with Gasteiger partial charge in [0.05, 0.1) is 17.3 Å². The van der Waals surface area contributed by atoms with Crippen molar-refractivity contribution in [3.05, 3.63) is 53.3 Å². The molecule has 7 nitrogen and oxygen atoms in total. The first-order chi connectivity index (χ1) is 14.8. The molecule has 1 atom stereocenters. The van der Waals surface area contributed by atoms with Crippen molar-refractivity contribution in [3.63, 3.8) is 0 Å². The van der Waals surface area contributed by atoms with Crippen molar-refractivity contribution in [1.29, 1.82) is 0 Å². The zero-order valence-electron chi connectivity index (χ0n) is 17.4. The molecule has 0 radical (unpaired) electrons. The molecule has 2 aromatic carbocycles. The second kappa shape index (κ2) is 8.37. The quantitative estimate of drug-likeness (QED) is 0.772. The lowest BCUT2D eigenvalue weighted by Gasteiger charge is -2.23. The van der Waals surface area contributed by atoms with Crippen molar-refractivity contribution in [2.75, 3.05) is 34.8 Å². The Balaban J connectivity index is 1.54. The summed E-state index contributed by atoms with van der Waals surface area (Å²) in [7, 11) is 0. The molecule has 8 heteroatoms. The first-order valence-corrected chi connectivity index (χ1v) is 10.4. The van der Waals surface area contributed by atoms with Crippen molar-refractivity contribution in [2.45, 2.75) is 26.2 Å². The maximum atomic E-state index is 13.9. The largest absolute Gasteiger partial charge is 0.370 e. The molecular weight excluding hydrogens is 399 g/mol. The maximum Gasteiger partial charge on any atom is 0.248 e. The number of primary amides is 1. The van der Waals surface area contributed by atoms with E-state index in [0.717, 1.165) is 31.6 Å². The highest BCUT2D eigenvalue weighted by atomic mass is 19.1. The van der Waals surface area contributed by atoms with Crippen LogP contribution in [0.5, 0.6) is 0 Å². The van der Waals surface area contributed by atoms with E-state index in [1.54, 1.807) is 37.3 Å². The van der Waals surface area contributed by atoms with Crippen LogP contribution < -0.4 is 20.9 Å². The van der Waals surface area contributed by atoms with Crippen molar-refractivity contribution in [2.24, 2.45) is 11.7 Å². The minimum Gasteiger partial charge on any atom is -0.370 e. The zero-order valence-corrected chi connectivity index (χ0v) is 17.4. The van der Waals surface area contributed by atoms with Crippen LogP contribution in [0, 0.1) is 18.7 Å². The van der Waals surface area contributed by atoms with Gasteiger partial charge < -0.3 is 20.9 Å². The van der Waals surface area contributed by atoms with E-state index in [2.05, 4.69) is 10.2 Å². The number of anilines is 3. The van der Waals surface area contributed by atoms with Gasteiger partial charge in [-0.2, -0.15) is 0 Å². The van der Waals surface area contributed by atoms with Crippen molar-refractivity contribution < 1.29 is 18.8 Å². The number of nitrogens with one attached hydrogen (secondary N) is 1. The summed E-state index contributed by atoms with van der Waals surface area (Å²) < 4.78 is 13.9. The predicted octanol–water partition coefficient (Wildman–Crippen LogP) is 2.82. The van der Waals surface area contributed by atoms with Gasteiger partial charge in [-0.15, -0.1) is 0 Å². The number of nitrogens with two attached hydrogens (primary N) is 1. The molecule has 0 aromatic heterocycles. The molecule has 2 fully saturated rings. The first kappa shape index (κ1) is 20.8. The third kappa shape index (κ3) is 4.23. The summed E-state index contributed by atoms with van der Waals surface area (Å²) in [4.78, 5) is 40.7. The topological polar surface area (TPSA) is 95.7 Å². The Labute approximate surface area is 180 Å². The summed E-state index contributed by atoms with van der Waals surface area (Å²) in [5.41, 5.74) is 8.00. The molecular formula is C23H25FN4O3. The number of nitrogens with zero attached hydrogens (tertiary/aromatic N) is 2. The van der Waals surface area contributed by atoms with E-state index in [-0.39, 0.29) is 24.8 Å². The van der Waals surface area contributed by atoms with Gasteiger partial charge in [-0.1, -0.05) is 6.07 Å². The highest BCUT2D eigenvalue weighted by Gasteiger charge is 2.36. The molecule has 2 aliphatic heterocycles. The molecule has 0 saturated carbocycles.